The minimum Gasteiger partial charge on any atom is -0.507 e. The first kappa shape index (κ1) is 16.4. The lowest BCUT2D eigenvalue weighted by Gasteiger charge is -1.97. The third-order valence-corrected chi connectivity index (χ3v) is 3.56. The molecule has 4 rings (SSSR count). The van der Waals surface area contributed by atoms with Gasteiger partial charge in [0.05, 0.1) is 11.4 Å². The lowest BCUT2D eigenvalue weighted by Crippen LogP contribution is -1.70. The SMILES string of the molecule is Oc1cccc2ccccc12.c1ccc(N=Nc2ccccc2)cc1. The number of azo groups is 1. The van der Waals surface area contributed by atoms with Gasteiger partial charge in [0.1, 0.15) is 5.75 Å². The van der Waals surface area contributed by atoms with Crippen molar-refractivity contribution in [1.29, 1.82) is 0 Å². The van der Waals surface area contributed by atoms with Crippen molar-refractivity contribution in [2.24, 2.45) is 10.2 Å². The molecule has 25 heavy (non-hydrogen) atoms. The fraction of sp³-hybridized carbons (Fsp3) is 0. The molecule has 0 saturated heterocycles. The summed E-state index contributed by atoms with van der Waals surface area (Å²) in [6.07, 6.45) is 0. The minimum absolute atomic E-state index is 0.350. The summed E-state index contributed by atoms with van der Waals surface area (Å²) in [5.41, 5.74) is 1.74. The van der Waals surface area contributed by atoms with E-state index in [1.54, 1.807) is 6.07 Å². The van der Waals surface area contributed by atoms with Crippen LogP contribution in [0.1, 0.15) is 0 Å². The van der Waals surface area contributed by atoms with Gasteiger partial charge in [0.25, 0.3) is 0 Å². The highest BCUT2D eigenvalue weighted by molar-refractivity contribution is 5.87. The minimum atomic E-state index is 0.350. The number of aromatic hydroxyl groups is 1. The molecule has 0 bridgehead atoms. The molecule has 4 aromatic carbocycles. The Bertz CT molecular complexity index is 904. The molecule has 0 saturated carbocycles. The van der Waals surface area contributed by atoms with Crippen molar-refractivity contribution in [3.05, 3.63) is 103 Å². The van der Waals surface area contributed by atoms with Crippen molar-refractivity contribution in [3.8, 4) is 5.75 Å². The van der Waals surface area contributed by atoms with Gasteiger partial charge in [-0.2, -0.15) is 10.2 Å². The highest BCUT2D eigenvalue weighted by atomic mass is 16.3. The number of nitrogens with zero attached hydrogens (tertiary/aromatic N) is 2. The maximum Gasteiger partial charge on any atom is 0.123 e. The van der Waals surface area contributed by atoms with Crippen LogP contribution in [0.15, 0.2) is 113 Å². The lowest BCUT2D eigenvalue weighted by molar-refractivity contribution is 0.481. The monoisotopic (exact) mass is 326 g/mol. The van der Waals surface area contributed by atoms with Crippen LogP contribution in [0.3, 0.4) is 0 Å². The van der Waals surface area contributed by atoms with E-state index >= 15 is 0 Å². The van der Waals surface area contributed by atoms with Crippen molar-refractivity contribution in [2.45, 2.75) is 0 Å². The zero-order valence-electron chi connectivity index (χ0n) is 13.7. The molecule has 0 aliphatic heterocycles. The first-order valence-electron chi connectivity index (χ1n) is 8.01. The molecule has 0 unspecified atom stereocenters. The van der Waals surface area contributed by atoms with Gasteiger partial charge < -0.3 is 5.11 Å². The maximum absolute atomic E-state index is 9.37. The number of benzene rings is 4. The number of hydrogen-bond acceptors (Lipinski definition) is 3. The summed E-state index contributed by atoms with van der Waals surface area (Å²) in [6, 6.07) is 32.7. The van der Waals surface area contributed by atoms with Gasteiger partial charge in [0.2, 0.25) is 0 Å². The van der Waals surface area contributed by atoms with Crippen LogP contribution in [0, 0.1) is 0 Å². The van der Waals surface area contributed by atoms with Gasteiger partial charge in [-0.3, -0.25) is 0 Å². The summed E-state index contributed by atoms with van der Waals surface area (Å²) in [7, 11) is 0. The Morgan fingerprint density at radius 2 is 0.960 bits per heavy atom. The molecule has 0 radical (unpaired) electrons. The number of fused-ring (bicyclic) bond motifs is 1. The second kappa shape index (κ2) is 8.41. The van der Waals surface area contributed by atoms with Gasteiger partial charge >= 0.3 is 0 Å². The smallest absolute Gasteiger partial charge is 0.123 e. The topological polar surface area (TPSA) is 45.0 Å². The molecule has 0 spiro atoms. The first-order chi connectivity index (χ1) is 12.3. The van der Waals surface area contributed by atoms with Gasteiger partial charge in [-0.05, 0) is 35.7 Å². The second-order valence-corrected chi connectivity index (χ2v) is 5.37. The third-order valence-electron chi connectivity index (χ3n) is 3.56. The average Bonchev–Trinajstić information content (AvgIpc) is 2.69. The predicted molar refractivity (Wildman–Crippen MR) is 103 cm³/mol. The van der Waals surface area contributed by atoms with Gasteiger partial charge in [-0.25, -0.2) is 0 Å². The van der Waals surface area contributed by atoms with E-state index in [-0.39, 0.29) is 0 Å². The summed E-state index contributed by atoms with van der Waals surface area (Å²) in [6.45, 7) is 0. The Balaban J connectivity index is 0.000000150. The molecule has 0 aliphatic rings. The molecular formula is C22H18N2O. The van der Waals surface area contributed by atoms with Crippen LogP contribution >= 0.6 is 0 Å². The van der Waals surface area contributed by atoms with Crippen LogP contribution in [0.5, 0.6) is 5.75 Å². The first-order valence-corrected chi connectivity index (χ1v) is 8.01. The van der Waals surface area contributed by atoms with Crippen molar-refractivity contribution in [2.75, 3.05) is 0 Å². The van der Waals surface area contributed by atoms with Gasteiger partial charge in [0, 0.05) is 5.39 Å². The predicted octanol–water partition coefficient (Wildman–Crippen LogP) is 6.65. The molecule has 0 fully saturated rings. The van der Waals surface area contributed by atoms with Crippen LogP contribution in [0.25, 0.3) is 10.8 Å². The van der Waals surface area contributed by atoms with Crippen LogP contribution in [0.4, 0.5) is 11.4 Å². The average molecular weight is 326 g/mol. The van der Waals surface area contributed by atoms with E-state index in [4.69, 9.17) is 0 Å². The fourth-order valence-corrected chi connectivity index (χ4v) is 2.31. The molecule has 0 aliphatic carbocycles. The van der Waals surface area contributed by atoms with E-state index in [0.717, 1.165) is 22.1 Å². The summed E-state index contributed by atoms with van der Waals surface area (Å²) >= 11 is 0. The number of phenolic OH excluding ortho intramolecular Hbond substituents is 1. The molecule has 122 valence electrons. The number of rotatable bonds is 2. The molecule has 3 heteroatoms. The van der Waals surface area contributed by atoms with E-state index in [1.807, 2.05) is 97.1 Å². The zero-order chi connectivity index (χ0) is 17.3. The molecule has 0 heterocycles. The molecule has 4 aromatic rings. The van der Waals surface area contributed by atoms with Crippen LogP contribution in [0.2, 0.25) is 0 Å². The van der Waals surface area contributed by atoms with Crippen LogP contribution in [-0.4, -0.2) is 5.11 Å². The van der Waals surface area contributed by atoms with Crippen molar-refractivity contribution >= 4 is 22.1 Å². The molecule has 3 nitrogen and oxygen atoms in total. The Morgan fingerprint density at radius 3 is 1.52 bits per heavy atom. The van der Waals surface area contributed by atoms with Crippen molar-refractivity contribution in [3.63, 3.8) is 0 Å². The standard InChI is InChI=1S/C12H10N2.C10H8O/c1-3-7-11(8-4-1)13-14-12-9-5-2-6-10-12;11-10-7-3-5-8-4-1-2-6-9(8)10/h1-10H;1-7,11H. The quantitative estimate of drug-likeness (QED) is 0.412. The van der Waals surface area contributed by atoms with Crippen LogP contribution in [-0.2, 0) is 0 Å². The third kappa shape index (κ3) is 4.75. The van der Waals surface area contributed by atoms with Gasteiger partial charge in [-0.15, -0.1) is 0 Å². The molecule has 1 N–H and O–H groups in total. The Hall–Kier alpha value is -3.46. The van der Waals surface area contributed by atoms with E-state index < -0.39 is 0 Å². The molecule has 0 atom stereocenters. The summed E-state index contributed by atoms with van der Waals surface area (Å²) < 4.78 is 0. The van der Waals surface area contributed by atoms with Gasteiger partial charge in [0.15, 0.2) is 0 Å². The number of hydrogen-bond donors (Lipinski definition) is 1. The Labute approximate surface area is 146 Å². The largest absolute Gasteiger partial charge is 0.507 e. The summed E-state index contributed by atoms with van der Waals surface area (Å²) in [5.74, 6) is 0.350. The van der Waals surface area contributed by atoms with Crippen LogP contribution < -0.4 is 0 Å². The van der Waals surface area contributed by atoms with E-state index in [0.29, 0.717) is 5.75 Å². The summed E-state index contributed by atoms with van der Waals surface area (Å²) in [5, 5.41) is 19.6. The highest BCUT2D eigenvalue weighted by Gasteiger charge is 1.94. The maximum atomic E-state index is 9.37. The van der Waals surface area contributed by atoms with Gasteiger partial charge in [-0.1, -0.05) is 72.8 Å². The Kier molecular flexibility index (Phi) is 5.52. The van der Waals surface area contributed by atoms with E-state index in [1.165, 1.54) is 0 Å². The molecule has 0 amide bonds. The lowest BCUT2D eigenvalue weighted by atomic mass is 10.1. The fourth-order valence-electron chi connectivity index (χ4n) is 2.31. The second-order valence-electron chi connectivity index (χ2n) is 5.37. The van der Waals surface area contributed by atoms with Crippen molar-refractivity contribution in [1.82, 2.24) is 0 Å². The number of phenols is 1. The Morgan fingerprint density at radius 1 is 0.480 bits per heavy atom. The zero-order valence-corrected chi connectivity index (χ0v) is 13.7. The molecule has 0 aromatic heterocycles. The van der Waals surface area contributed by atoms with E-state index in [2.05, 4.69) is 10.2 Å². The van der Waals surface area contributed by atoms with E-state index in [9.17, 15) is 5.11 Å². The normalized spacial score (nSPS) is 10.4. The highest BCUT2D eigenvalue weighted by Crippen LogP contribution is 2.23. The summed E-state index contributed by atoms with van der Waals surface area (Å²) in [4.78, 5) is 0. The van der Waals surface area contributed by atoms with Crippen molar-refractivity contribution < 1.29 is 5.11 Å². The molecular weight excluding hydrogens is 308 g/mol.